The van der Waals surface area contributed by atoms with Crippen LogP contribution in [0, 0.1) is 0 Å². The van der Waals surface area contributed by atoms with E-state index in [4.69, 9.17) is 17.3 Å². The highest BCUT2D eigenvalue weighted by Gasteiger charge is 2.15. The summed E-state index contributed by atoms with van der Waals surface area (Å²) >= 11 is 5.32. The number of carbonyl (C=O) groups is 2. The van der Waals surface area contributed by atoms with Crippen molar-refractivity contribution in [3.63, 3.8) is 0 Å². The topological polar surface area (TPSA) is 90.0 Å². The molecular formula is C8H11ClN4O2. The number of alkyl halides is 1. The van der Waals surface area contributed by atoms with Crippen LogP contribution in [-0.2, 0) is 11.3 Å². The van der Waals surface area contributed by atoms with Gasteiger partial charge in [0.05, 0.1) is 5.69 Å². The second kappa shape index (κ2) is 4.79. The molecular weight excluding hydrogens is 220 g/mol. The van der Waals surface area contributed by atoms with Gasteiger partial charge in [-0.15, -0.1) is 11.6 Å². The number of nitrogens with zero attached hydrogens (tertiary/aromatic N) is 2. The Hall–Kier alpha value is -1.56. The molecule has 0 fully saturated rings. The molecule has 82 valence electrons. The van der Waals surface area contributed by atoms with Crippen LogP contribution in [0.1, 0.15) is 17.4 Å². The van der Waals surface area contributed by atoms with Crippen molar-refractivity contribution in [3.8, 4) is 0 Å². The van der Waals surface area contributed by atoms with Crippen molar-refractivity contribution in [2.45, 2.75) is 13.5 Å². The van der Waals surface area contributed by atoms with Crippen LogP contribution >= 0.6 is 11.6 Å². The first kappa shape index (κ1) is 11.5. The zero-order chi connectivity index (χ0) is 11.4. The smallest absolute Gasteiger partial charge is 0.271 e. The molecule has 1 aromatic heterocycles. The van der Waals surface area contributed by atoms with Crippen LogP contribution < -0.4 is 11.1 Å². The molecule has 15 heavy (non-hydrogen) atoms. The Morgan fingerprint density at radius 1 is 1.67 bits per heavy atom. The quantitative estimate of drug-likeness (QED) is 0.723. The summed E-state index contributed by atoms with van der Waals surface area (Å²) in [5.41, 5.74) is 5.43. The van der Waals surface area contributed by atoms with Gasteiger partial charge in [0.2, 0.25) is 5.91 Å². The Bertz CT molecular complexity index is 388. The molecule has 6 nitrogen and oxygen atoms in total. The monoisotopic (exact) mass is 230 g/mol. The number of carbonyl (C=O) groups excluding carboxylic acids is 2. The lowest BCUT2D eigenvalue weighted by Gasteiger charge is -1.99. The SMILES string of the molecule is CCn1cc(NC(=O)CCl)c(C(N)=O)n1. The van der Waals surface area contributed by atoms with Crippen molar-refractivity contribution in [3.05, 3.63) is 11.9 Å². The van der Waals surface area contributed by atoms with Gasteiger partial charge in [0.1, 0.15) is 5.88 Å². The van der Waals surface area contributed by atoms with E-state index in [0.717, 1.165) is 0 Å². The van der Waals surface area contributed by atoms with Crippen molar-refractivity contribution in [1.29, 1.82) is 0 Å². The highest BCUT2D eigenvalue weighted by molar-refractivity contribution is 6.29. The fourth-order valence-electron chi connectivity index (χ4n) is 1.04. The first-order valence-electron chi connectivity index (χ1n) is 4.31. The summed E-state index contributed by atoms with van der Waals surface area (Å²) in [5, 5.41) is 6.34. The average molecular weight is 231 g/mol. The molecule has 0 bridgehead atoms. The number of anilines is 1. The van der Waals surface area contributed by atoms with Gasteiger partial charge in [-0.05, 0) is 6.92 Å². The van der Waals surface area contributed by atoms with E-state index >= 15 is 0 Å². The number of amides is 2. The van der Waals surface area contributed by atoms with E-state index in [0.29, 0.717) is 6.54 Å². The first-order chi connectivity index (χ1) is 7.08. The predicted molar refractivity (Wildman–Crippen MR) is 55.8 cm³/mol. The standard InChI is InChI=1S/C8H11ClN4O2/c1-2-13-4-5(11-6(14)3-9)7(12-13)8(10)15/h4H,2-3H2,1H3,(H2,10,15)(H,11,14). The van der Waals surface area contributed by atoms with E-state index < -0.39 is 11.8 Å². The molecule has 1 aromatic rings. The van der Waals surface area contributed by atoms with Gasteiger partial charge < -0.3 is 11.1 Å². The zero-order valence-electron chi connectivity index (χ0n) is 8.16. The number of aryl methyl sites for hydroxylation is 1. The molecule has 1 rings (SSSR count). The Labute approximate surface area is 91.4 Å². The molecule has 0 saturated carbocycles. The third kappa shape index (κ3) is 2.69. The number of primary amides is 1. The Balaban J connectivity index is 2.98. The van der Waals surface area contributed by atoms with Gasteiger partial charge in [0.15, 0.2) is 5.69 Å². The summed E-state index contributed by atoms with van der Waals surface area (Å²) < 4.78 is 1.50. The number of halogens is 1. The largest absolute Gasteiger partial charge is 0.364 e. The molecule has 0 aliphatic rings. The Kier molecular flexibility index (Phi) is 3.68. The lowest BCUT2D eigenvalue weighted by atomic mass is 10.3. The van der Waals surface area contributed by atoms with Gasteiger partial charge in [0, 0.05) is 12.7 Å². The molecule has 3 N–H and O–H groups in total. The molecule has 0 aromatic carbocycles. The molecule has 0 radical (unpaired) electrons. The maximum absolute atomic E-state index is 11.0. The molecule has 0 aliphatic heterocycles. The van der Waals surface area contributed by atoms with Gasteiger partial charge in [-0.3, -0.25) is 14.3 Å². The fourth-order valence-corrected chi connectivity index (χ4v) is 1.11. The molecule has 0 aliphatic carbocycles. The van der Waals surface area contributed by atoms with E-state index in [1.807, 2.05) is 6.92 Å². The predicted octanol–water partition coefficient (Wildman–Crippen LogP) is 0.179. The molecule has 0 spiro atoms. The molecule has 7 heteroatoms. The van der Waals surface area contributed by atoms with Gasteiger partial charge in [-0.2, -0.15) is 5.10 Å². The maximum atomic E-state index is 11.0. The molecule has 0 saturated heterocycles. The van der Waals surface area contributed by atoms with Gasteiger partial charge in [-0.25, -0.2) is 0 Å². The Morgan fingerprint density at radius 2 is 2.33 bits per heavy atom. The Morgan fingerprint density at radius 3 is 2.80 bits per heavy atom. The second-order valence-corrected chi connectivity index (χ2v) is 3.06. The third-order valence-corrected chi connectivity index (χ3v) is 1.96. The summed E-state index contributed by atoms with van der Waals surface area (Å²) in [6, 6.07) is 0. The van der Waals surface area contributed by atoms with Crippen LogP contribution in [0.4, 0.5) is 5.69 Å². The van der Waals surface area contributed by atoms with Crippen molar-refractivity contribution in [1.82, 2.24) is 9.78 Å². The maximum Gasteiger partial charge on any atom is 0.271 e. The van der Waals surface area contributed by atoms with Crippen molar-refractivity contribution in [2.75, 3.05) is 11.2 Å². The number of rotatable bonds is 4. The van der Waals surface area contributed by atoms with E-state index in [2.05, 4.69) is 10.4 Å². The zero-order valence-corrected chi connectivity index (χ0v) is 8.91. The van der Waals surface area contributed by atoms with Crippen molar-refractivity contribution < 1.29 is 9.59 Å². The molecule has 0 atom stereocenters. The minimum Gasteiger partial charge on any atom is -0.364 e. The van der Waals surface area contributed by atoms with Crippen LogP contribution in [0.5, 0.6) is 0 Å². The number of nitrogens with two attached hydrogens (primary N) is 1. The molecule has 2 amide bonds. The van der Waals surface area contributed by atoms with Crippen LogP contribution in [0.15, 0.2) is 6.20 Å². The highest BCUT2D eigenvalue weighted by atomic mass is 35.5. The average Bonchev–Trinajstić information content (AvgIpc) is 2.61. The lowest BCUT2D eigenvalue weighted by Crippen LogP contribution is -2.18. The van der Waals surface area contributed by atoms with Crippen molar-refractivity contribution in [2.24, 2.45) is 5.73 Å². The summed E-state index contributed by atoms with van der Waals surface area (Å²) in [5.74, 6) is -1.28. The van der Waals surface area contributed by atoms with E-state index in [9.17, 15) is 9.59 Å². The summed E-state index contributed by atoms with van der Waals surface area (Å²) in [4.78, 5) is 22.0. The minimum atomic E-state index is -0.688. The number of hydrogen-bond donors (Lipinski definition) is 2. The summed E-state index contributed by atoms with van der Waals surface area (Å²) in [6.45, 7) is 2.43. The summed E-state index contributed by atoms with van der Waals surface area (Å²) in [6.07, 6.45) is 1.53. The second-order valence-electron chi connectivity index (χ2n) is 2.79. The van der Waals surface area contributed by atoms with Crippen LogP contribution in [-0.4, -0.2) is 27.5 Å². The van der Waals surface area contributed by atoms with E-state index in [1.54, 1.807) is 0 Å². The molecule has 0 unspecified atom stereocenters. The third-order valence-electron chi connectivity index (χ3n) is 1.71. The highest BCUT2D eigenvalue weighted by Crippen LogP contribution is 2.13. The van der Waals surface area contributed by atoms with Crippen LogP contribution in [0.25, 0.3) is 0 Å². The first-order valence-corrected chi connectivity index (χ1v) is 4.85. The minimum absolute atomic E-state index is 0.0373. The van der Waals surface area contributed by atoms with Gasteiger partial charge in [0.25, 0.3) is 5.91 Å². The number of aromatic nitrogens is 2. The van der Waals surface area contributed by atoms with Crippen LogP contribution in [0.3, 0.4) is 0 Å². The van der Waals surface area contributed by atoms with Crippen LogP contribution in [0.2, 0.25) is 0 Å². The number of nitrogens with one attached hydrogen (secondary N) is 1. The van der Waals surface area contributed by atoms with Crippen molar-refractivity contribution >= 4 is 29.1 Å². The lowest BCUT2D eigenvalue weighted by molar-refractivity contribution is -0.113. The van der Waals surface area contributed by atoms with Gasteiger partial charge >= 0.3 is 0 Å². The number of hydrogen-bond acceptors (Lipinski definition) is 3. The van der Waals surface area contributed by atoms with Gasteiger partial charge in [-0.1, -0.05) is 0 Å². The van der Waals surface area contributed by atoms with E-state index in [1.165, 1.54) is 10.9 Å². The summed E-state index contributed by atoms with van der Waals surface area (Å²) in [7, 11) is 0. The fraction of sp³-hybridized carbons (Fsp3) is 0.375. The van der Waals surface area contributed by atoms with E-state index in [-0.39, 0.29) is 17.3 Å². The normalized spacial score (nSPS) is 10.0. The molecule has 1 heterocycles.